The lowest BCUT2D eigenvalue weighted by molar-refractivity contribution is -0.137. The molecule has 0 saturated carbocycles. The van der Waals surface area contributed by atoms with E-state index in [1.54, 1.807) is 0 Å². The van der Waals surface area contributed by atoms with E-state index in [4.69, 9.17) is 5.11 Å². The van der Waals surface area contributed by atoms with Gasteiger partial charge in [-0.2, -0.15) is 13.2 Å². The summed E-state index contributed by atoms with van der Waals surface area (Å²) in [6.45, 7) is 0. The molecular formula is C14H8F4O2. The maximum Gasteiger partial charge on any atom is 0.416 e. The van der Waals surface area contributed by atoms with Crippen molar-refractivity contribution >= 4 is 5.97 Å². The summed E-state index contributed by atoms with van der Waals surface area (Å²) in [7, 11) is 0. The second-order valence-electron chi connectivity index (χ2n) is 4.04. The first-order valence-corrected chi connectivity index (χ1v) is 5.50. The second kappa shape index (κ2) is 4.96. The SMILES string of the molecule is O=C(O)c1ccc(C(F)(F)F)cc1-c1ccccc1F. The van der Waals surface area contributed by atoms with E-state index in [0.717, 1.165) is 12.1 Å². The Bertz CT molecular complexity index is 662. The largest absolute Gasteiger partial charge is 0.478 e. The highest BCUT2D eigenvalue weighted by Crippen LogP contribution is 2.34. The molecule has 0 bridgehead atoms. The molecule has 0 atom stereocenters. The van der Waals surface area contributed by atoms with E-state index >= 15 is 0 Å². The van der Waals surface area contributed by atoms with Gasteiger partial charge in [-0.1, -0.05) is 18.2 Å². The average molecular weight is 284 g/mol. The van der Waals surface area contributed by atoms with Crippen LogP contribution < -0.4 is 0 Å². The number of carboxylic acids is 1. The summed E-state index contributed by atoms with van der Waals surface area (Å²) in [5, 5.41) is 9.01. The lowest BCUT2D eigenvalue weighted by Crippen LogP contribution is -2.08. The number of benzene rings is 2. The zero-order valence-corrected chi connectivity index (χ0v) is 9.91. The van der Waals surface area contributed by atoms with Crippen molar-refractivity contribution in [2.45, 2.75) is 6.18 Å². The minimum Gasteiger partial charge on any atom is -0.478 e. The predicted molar refractivity (Wildman–Crippen MR) is 63.8 cm³/mol. The quantitative estimate of drug-likeness (QED) is 0.839. The molecule has 0 heterocycles. The molecule has 2 nitrogen and oxygen atoms in total. The monoisotopic (exact) mass is 284 g/mol. The molecule has 104 valence electrons. The van der Waals surface area contributed by atoms with Crippen molar-refractivity contribution in [3.63, 3.8) is 0 Å². The molecule has 1 N–H and O–H groups in total. The van der Waals surface area contributed by atoms with Gasteiger partial charge in [-0.15, -0.1) is 0 Å². The van der Waals surface area contributed by atoms with Crippen LogP contribution in [0.1, 0.15) is 15.9 Å². The molecule has 6 heteroatoms. The zero-order valence-electron chi connectivity index (χ0n) is 9.91. The van der Waals surface area contributed by atoms with Gasteiger partial charge in [0.15, 0.2) is 0 Å². The van der Waals surface area contributed by atoms with Crippen LogP contribution in [-0.4, -0.2) is 11.1 Å². The molecule has 0 aliphatic carbocycles. The first-order chi connectivity index (χ1) is 9.30. The van der Waals surface area contributed by atoms with Gasteiger partial charge in [0.1, 0.15) is 5.82 Å². The average Bonchev–Trinajstić information content (AvgIpc) is 2.37. The Hall–Kier alpha value is -2.37. The fourth-order valence-electron chi connectivity index (χ4n) is 1.81. The van der Waals surface area contributed by atoms with Crippen molar-refractivity contribution in [3.05, 3.63) is 59.4 Å². The molecular weight excluding hydrogens is 276 g/mol. The van der Waals surface area contributed by atoms with E-state index < -0.39 is 23.5 Å². The van der Waals surface area contributed by atoms with Gasteiger partial charge in [0.2, 0.25) is 0 Å². The third-order valence-corrected chi connectivity index (χ3v) is 2.74. The van der Waals surface area contributed by atoms with Crippen LogP contribution in [0.3, 0.4) is 0 Å². The molecule has 2 aromatic rings. The van der Waals surface area contributed by atoms with Crippen LogP contribution in [0.25, 0.3) is 11.1 Å². The van der Waals surface area contributed by atoms with Crippen LogP contribution in [0, 0.1) is 5.82 Å². The maximum atomic E-state index is 13.7. The first-order valence-electron chi connectivity index (χ1n) is 5.50. The smallest absolute Gasteiger partial charge is 0.416 e. The van der Waals surface area contributed by atoms with E-state index in [0.29, 0.717) is 12.1 Å². The summed E-state index contributed by atoms with van der Waals surface area (Å²) >= 11 is 0. The summed E-state index contributed by atoms with van der Waals surface area (Å²) in [5.41, 5.74) is -1.90. The van der Waals surface area contributed by atoms with Crippen molar-refractivity contribution in [1.82, 2.24) is 0 Å². The predicted octanol–water partition coefficient (Wildman–Crippen LogP) is 4.21. The van der Waals surface area contributed by atoms with Gasteiger partial charge in [-0.3, -0.25) is 0 Å². The van der Waals surface area contributed by atoms with Gasteiger partial charge in [0, 0.05) is 5.56 Å². The maximum absolute atomic E-state index is 13.7. The Labute approximate surface area is 111 Å². The fourth-order valence-corrected chi connectivity index (χ4v) is 1.81. The standard InChI is InChI=1S/C14H8F4O2/c15-12-4-2-1-3-9(12)11-7-8(14(16,17)18)5-6-10(11)13(19)20/h1-7H,(H,19,20). The minimum absolute atomic E-state index is 0.184. The van der Waals surface area contributed by atoms with Gasteiger partial charge in [-0.05, 0) is 29.8 Å². The summed E-state index contributed by atoms with van der Waals surface area (Å²) in [4.78, 5) is 11.1. The van der Waals surface area contributed by atoms with Gasteiger partial charge in [0.25, 0.3) is 0 Å². The number of alkyl halides is 3. The van der Waals surface area contributed by atoms with Crippen LogP contribution in [0.2, 0.25) is 0 Å². The molecule has 0 saturated heterocycles. The Kier molecular flexibility index (Phi) is 3.48. The molecule has 0 aliphatic rings. The number of halogens is 4. The number of hydrogen-bond acceptors (Lipinski definition) is 1. The summed E-state index contributed by atoms with van der Waals surface area (Å²) in [6, 6.07) is 7.21. The molecule has 0 aliphatic heterocycles. The first kappa shape index (κ1) is 14.0. The zero-order chi connectivity index (χ0) is 14.9. The Morgan fingerprint density at radius 2 is 1.65 bits per heavy atom. The van der Waals surface area contributed by atoms with E-state index in [1.807, 2.05) is 0 Å². The molecule has 0 radical (unpaired) electrons. The molecule has 2 rings (SSSR count). The second-order valence-corrected chi connectivity index (χ2v) is 4.04. The molecule has 20 heavy (non-hydrogen) atoms. The summed E-state index contributed by atoms with van der Waals surface area (Å²) in [6.07, 6.45) is -4.63. The Morgan fingerprint density at radius 3 is 2.20 bits per heavy atom. The lowest BCUT2D eigenvalue weighted by Gasteiger charge is -2.12. The number of rotatable bonds is 2. The number of aromatic carboxylic acids is 1. The number of carboxylic acid groups (broad SMARTS) is 1. The highest BCUT2D eigenvalue weighted by Gasteiger charge is 2.32. The summed E-state index contributed by atoms with van der Waals surface area (Å²) in [5.74, 6) is -2.20. The van der Waals surface area contributed by atoms with Crippen molar-refractivity contribution in [2.75, 3.05) is 0 Å². The highest BCUT2D eigenvalue weighted by atomic mass is 19.4. The lowest BCUT2D eigenvalue weighted by atomic mass is 9.96. The van der Waals surface area contributed by atoms with Crippen LogP contribution in [0.15, 0.2) is 42.5 Å². The molecule has 0 unspecified atom stereocenters. The molecule has 0 fully saturated rings. The molecule has 0 spiro atoms. The number of hydrogen-bond donors (Lipinski definition) is 1. The Balaban J connectivity index is 2.71. The van der Waals surface area contributed by atoms with Gasteiger partial charge < -0.3 is 5.11 Å². The summed E-state index contributed by atoms with van der Waals surface area (Å²) < 4.78 is 51.7. The van der Waals surface area contributed by atoms with Crippen molar-refractivity contribution in [1.29, 1.82) is 0 Å². The third kappa shape index (κ3) is 2.64. The minimum atomic E-state index is -4.63. The topological polar surface area (TPSA) is 37.3 Å². The van der Waals surface area contributed by atoms with Gasteiger partial charge >= 0.3 is 12.1 Å². The van der Waals surface area contributed by atoms with E-state index in [1.165, 1.54) is 18.2 Å². The molecule has 0 amide bonds. The van der Waals surface area contributed by atoms with E-state index in [2.05, 4.69) is 0 Å². The van der Waals surface area contributed by atoms with Crippen LogP contribution in [0.4, 0.5) is 17.6 Å². The van der Waals surface area contributed by atoms with Crippen LogP contribution in [-0.2, 0) is 6.18 Å². The van der Waals surface area contributed by atoms with Gasteiger partial charge in [0.05, 0.1) is 11.1 Å². The van der Waals surface area contributed by atoms with Crippen LogP contribution >= 0.6 is 0 Å². The van der Waals surface area contributed by atoms with Crippen LogP contribution in [0.5, 0.6) is 0 Å². The van der Waals surface area contributed by atoms with Crippen molar-refractivity contribution in [3.8, 4) is 11.1 Å². The van der Waals surface area contributed by atoms with E-state index in [-0.39, 0.29) is 16.7 Å². The third-order valence-electron chi connectivity index (χ3n) is 2.74. The van der Waals surface area contributed by atoms with Crippen molar-refractivity contribution < 1.29 is 27.5 Å². The fraction of sp³-hybridized carbons (Fsp3) is 0.0714. The number of carbonyl (C=O) groups is 1. The van der Waals surface area contributed by atoms with E-state index in [9.17, 15) is 22.4 Å². The highest BCUT2D eigenvalue weighted by molar-refractivity contribution is 5.96. The Morgan fingerprint density at radius 1 is 1.00 bits per heavy atom. The molecule has 2 aromatic carbocycles. The van der Waals surface area contributed by atoms with Gasteiger partial charge in [-0.25, -0.2) is 9.18 Å². The molecule has 0 aromatic heterocycles. The van der Waals surface area contributed by atoms with Crippen molar-refractivity contribution in [2.24, 2.45) is 0 Å². The normalized spacial score (nSPS) is 11.4.